The maximum atomic E-state index is 13.7. The van der Waals surface area contributed by atoms with Crippen LogP contribution >= 0.6 is 0 Å². The van der Waals surface area contributed by atoms with Gasteiger partial charge in [-0.2, -0.15) is 0 Å². The highest BCUT2D eigenvalue weighted by Crippen LogP contribution is 2.40. The Morgan fingerprint density at radius 1 is 0.930 bits per heavy atom. The van der Waals surface area contributed by atoms with Gasteiger partial charge >= 0.3 is 18.0 Å². The third-order valence-corrected chi connectivity index (χ3v) is 8.01. The number of anilines is 1. The highest BCUT2D eigenvalue weighted by atomic mass is 19.1. The summed E-state index contributed by atoms with van der Waals surface area (Å²) in [6.07, 6.45) is 2.80. The monoisotopic (exact) mass is 600 g/mol. The van der Waals surface area contributed by atoms with E-state index < -0.39 is 23.3 Å². The first-order valence-electron chi connectivity index (χ1n) is 14.1. The van der Waals surface area contributed by atoms with Gasteiger partial charge in [-0.05, 0) is 50.1 Å². The van der Waals surface area contributed by atoms with Crippen molar-refractivity contribution < 1.29 is 43.3 Å². The van der Waals surface area contributed by atoms with Gasteiger partial charge in [-0.1, -0.05) is 30.3 Å². The van der Waals surface area contributed by atoms with Gasteiger partial charge in [0.15, 0.2) is 5.79 Å². The van der Waals surface area contributed by atoms with E-state index in [1.165, 1.54) is 21.9 Å². The van der Waals surface area contributed by atoms with Gasteiger partial charge in [0.05, 0.1) is 13.2 Å². The number of ether oxygens (including phenoxy) is 2. The van der Waals surface area contributed by atoms with E-state index in [1.807, 2.05) is 30.3 Å². The third-order valence-electron chi connectivity index (χ3n) is 8.01. The highest BCUT2D eigenvalue weighted by Gasteiger charge is 2.55. The van der Waals surface area contributed by atoms with Crippen LogP contribution in [0.2, 0.25) is 0 Å². The van der Waals surface area contributed by atoms with Crippen LogP contribution in [0.25, 0.3) is 0 Å². The van der Waals surface area contributed by atoms with E-state index in [-0.39, 0.29) is 24.4 Å². The number of likely N-dealkylation sites (tertiary alicyclic amines) is 1. The number of carbonyl (C=O) groups excluding carboxylic acids is 2. The van der Waals surface area contributed by atoms with Crippen LogP contribution in [0, 0.1) is 5.82 Å². The molecule has 3 aliphatic heterocycles. The molecule has 0 aromatic heterocycles. The van der Waals surface area contributed by atoms with Crippen molar-refractivity contribution in [2.24, 2.45) is 0 Å². The summed E-state index contributed by atoms with van der Waals surface area (Å²) in [4.78, 5) is 52.0. The van der Waals surface area contributed by atoms with E-state index in [1.54, 1.807) is 26.2 Å². The Bertz CT molecular complexity index is 1280. The van der Waals surface area contributed by atoms with Gasteiger partial charge in [-0.15, -0.1) is 0 Å². The standard InChI is InChI=1S/C28H35FN4O4.C2H2O4/c1-30(2)26(35)32-21-33(24-7-4-3-5-8-24)27(25(32)34)14-17-31(18-15-27)16-6-13-28(36-19-20-37-28)22-9-11-23(29)12-10-22;3-1(4)2(5)6/h3-5,7-12H,6,13-21H2,1-2H3;(H,3,4)(H,5,6). The zero-order valence-corrected chi connectivity index (χ0v) is 24.3. The molecule has 0 unspecified atom stereocenters. The Morgan fingerprint density at radius 2 is 1.51 bits per heavy atom. The number of para-hydroxylation sites is 1. The number of amides is 3. The lowest BCUT2D eigenvalue weighted by Gasteiger charge is -2.43. The number of hydrogen-bond donors (Lipinski definition) is 2. The van der Waals surface area contributed by atoms with Crippen molar-refractivity contribution in [3.05, 3.63) is 66.0 Å². The van der Waals surface area contributed by atoms with Crippen molar-refractivity contribution in [1.82, 2.24) is 14.7 Å². The smallest absolute Gasteiger partial charge is 0.414 e. The molecular formula is C30H37FN4O8. The molecular weight excluding hydrogens is 563 g/mol. The second-order valence-electron chi connectivity index (χ2n) is 10.9. The summed E-state index contributed by atoms with van der Waals surface area (Å²) in [6, 6.07) is 15.9. The zero-order chi connectivity index (χ0) is 31.2. The number of hydrogen-bond acceptors (Lipinski definition) is 8. The fraction of sp³-hybridized carbons (Fsp3) is 0.467. The summed E-state index contributed by atoms with van der Waals surface area (Å²) < 4.78 is 25.5. The summed E-state index contributed by atoms with van der Waals surface area (Å²) in [5.74, 6) is -4.87. The average molecular weight is 601 g/mol. The molecule has 0 saturated carbocycles. The van der Waals surface area contributed by atoms with E-state index in [2.05, 4.69) is 9.80 Å². The Kier molecular flexibility index (Phi) is 9.99. The minimum Gasteiger partial charge on any atom is -0.473 e. The molecule has 13 heteroatoms. The molecule has 0 atom stereocenters. The number of aliphatic carboxylic acids is 2. The first-order valence-corrected chi connectivity index (χ1v) is 14.1. The molecule has 2 aromatic carbocycles. The number of carboxylic acid groups (broad SMARTS) is 2. The fourth-order valence-corrected chi connectivity index (χ4v) is 5.81. The molecule has 43 heavy (non-hydrogen) atoms. The van der Waals surface area contributed by atoms with Crippen molar-refractivity contribution in [3.63, 3.8) is 0 Å². The average Bonchev–Trinajstić information content (AvgIpc) is 3.58. The molecule has 5 rings (SSSR count). The molecule has 12 nitrogen and oxygen atoms in total. The second kappa shape index (κ2) is 13.5. The number of urea groups is 1. The van der Waals surface area contributed by atoms with Gasteiger partial charge in [0.2, 0.25) is 0 Å². The number of imide groups is 1. The summed E-state index contributed by atoms with van der Waals surface area (Å²) in [7, 11) is 3.35. The molecule has 3 heterocycles. The quantitative estimate of drug-likeness (QED) is 0.476. The van der Waals surface area contributed by atoms with E-state index in [9.17, 15) is 14.0 Å². The van der Waals surface area contributed by atoms with Gasteiger partial charge < -0.3 is 34.4 Å². The van der Waals surface area contributed by atoms with Gasteiger partial charge in [-0.25, -0.2) is 23.7 Å². The Balaban J connectivity index is 0.000000641. The van der Waals surface area contributed by atoms with Crippen molar-refractivity contribution in [1.29, 1.82) is 0 Å². The molecule has 3 fully saturated rings. The van der Waals surface area contributed by atoms with Gasteiger partial charge in [0, 0.05) is 44.9 Å². The maximum Gasteiger partial charge on any atom is 0.414 e. The fourth-order valence-electron chi connectivity index (χ4n) is 5.81. The predicted molar refractivity (Wildman–Crippen MR) is 153 cm³/mol. The molecule has 2 aromatic rings. The van der Waals surface area contributed by atoms with E-state index >= 15 is 0 Å². The number of carboxylic acids is 2. The van der Waals surface area contributed by atoms with E-state index in [4.69, 9.17) is 29.3 Å². The molecule has 0 aliphatic carbocycles. The number of benzene rings is 2. The third kappa shape index (κ3) is 6.95. The second-order valence-corrected chi connectivity index (χ2v) is 10.9. The Labute approximate surface area is 249 Å². The molecule has 3 saturated heterocycles. The van der Waals surface area contributed by atoms with Gasteiger partial charge in [0.25, 0.3) is 5.91 Å². The van der Waals surface area contributed by atoms with E-state index in [0.717, 1.165) is 37.3 Å². The normalized spacial score (nSPS) is 19.2. The first-order chi connectivity index (χ1) is 20.5. The van der Waals surface area contributed by atoms with Crippen molar-refractivity contribution >= 4 is 29.6 Å². The van der Waals surface area contributed by atoms with Crippen LogP contribution in [0.5, 0.6) is 0 Å². The number of piperidine rings is 1. The van der Waals surface area contributed by atoms with Crippen molar-refractivity contribution in [2.75, 3.05) is 58.5 Å². The van der Waals surface area contributed by atoms with Crippen molar-refractivity contribution in [2.45, 2.75) is 37.0 Å². The lowest BCUT2D eigenvalue weighted by molar-refractivity contribution is -0.172. The summed E-state index contributed by atoms with van der Waals surface area (Å²) in [6.45, 7) is 3.64. The van der Waals surface area contributed by atoms with Crippen LogP contribution in [0.15, 0.2) is 54.6 Å². The molecule has 3 aliphatic rings. The Hall–Kier alpha value is -4.07. The first kappa shape index (κ1) is 31.9. The molecule has 1 spiro atoms. The maximum absolute atomic E-state index is 13.7. The number of rotatable bonds is 6. The molecule has 0 bridgehead atoms. The lowest BCUT2D eigenvalue weighted by Crippen LogP contribution is -2.57. The summed E-state index contributed by atoms with van der Waals surface area (Å²) >= 11 is 0. The van der Waals surface area contributed by atoms with Crippen LogP contribution in [-0.4, -0.2) is 108 Å². The van der Waals surface area contributed by atoms with E-state index in [0.29, 0.717) is 32.5 Å². The number of carbonyl (C=O) groups is 4. The molecule has 0 radical (unpaired) electrons. The van der Waals surface area contributed by atoms with Gasteiger partial charge in [-0.3, -0.25) is 4.79 Å². The predicted octanol–water partition coefficient (Wildman–Crippen LogP) is 2.78. The van der Waals surface area contributed by atoms with Crippen LogP contribution in [0.3, 0.4) is 0 Å². The largest absolute Gasteiger partial charge is 0.473 e. The number of halogens is 1. The topological polar surface area (TPSA) is 140 Å². The molecule has 2 N–H and O–H groups in total. The number of nitrogens with zero attached hydrogens (tertiary/aromatic N) is 4. The highest BCUT2D eigenvalue weighted by molar-refractivity contribution is 6.27. The summed E-state index contributed by atoms with van der Waals surface area (Å²) in [5.41, 5.74) is 1.07. The minimum atomic E-state index is -1.82. The van der Waals surface area contributed by atoms with Crippen LogP contribution in [-0.2, 0) is 29.6 Å². The minimum absolute atomic E-state index is 0.113. The lowest BCUT2D eigenvalue weighted by atomic mass is 9.85. The summed E-state index contributed by atoms with van der Waals surface area (Å²) in [5, 5.41) is 14.8. The Morgan fingerprint density at radius 3 is 2.05 bits per heavy atom. The molecule has 232 valence electrons. The SMILES string of the molecule is CN(C)C(=O)N1CN(c2ccccc2)C2(CCN(CCCC3(c4ccc(F)cc4)OCCO3)CC2)C1=O.O=C(O)C(=O)O. The molecule has 3 amide bonds. The van der Waals surface area contributed by atoms with Crippen LogP contribution < -0.4 is 4.90 Å². The van der Waals surface area contributed by atoms with Crippen LogP contribution in [0.4, 0.5) is 14.9 Å². The van der Waals surface area contributed by atoms with Gasteiger partial charge in [0.1, 0.15) is 18.0 Å². The van der Waals surface area contributed by atoms with Crippen LogP contribution in [0.1, 0.15) is 31.2 Å². The van der Waals surface area contributed by atoms with Crippen molar-refractivity contribution in [3.8, 4) is 0 Å². The zero-order valence-electron chi connectivity index (χ0n) is 24.3.